The zero-order valence-electron chi connectivity index (χ0n) is 13.9. The fourth-order valence-electron chi connectivity index (χ4n) is 2.13. The third-order valence-corrected chi connectivity index (χ3v) is 3.54. The summed E-state index contributed by atoms with van der Waals surface area (Å²) in [7, 11) is 0. The Kier molecular flexibility index (Phi) is 6.08. The van der Waals surface area contributed by atoms with Crippen molar-refractivity contribution in [3.05, 3.63) is 42.7 Å². The minimum absolute atomic E-state index is 0.00911. The zero-order chi connectivity index (χ0) is 17.5. The molecule has 7 heteroatoms. The molecule has 0 saturated carbocycles. The van der Waals surface area contributed by atoms with Gasteiger partial charge in [0.05, 0.1) is 0 Å². The predicted octanol–water partition coefficient (Wildman–Crippen LogP) is 2.15. The van der Waals surface area contributed by atoms with Crippen LogP contribution in [0.3, 0.4) is 0 Å². The highest BCUT2D eigenvalue weighted by atomic mass is 16.2. The molecule has 2 rings (SSSR count). The molecule has 2 amide bonds. The van der Waals surface area contributed by atoms with E-state index >= 15 is 0 Å². The van der Waals surface area contributed by atoms with E-state index in [1.807, 2.05) is 6.92 Å². The molecule has 4 N–H and O–H groups in total. The van der Waals surface area contributed by atoms with Crippen LogP contribution in [0, 0.1) is 0 Å². The maximum atomic E-state index is 12.2. The van der Waals surface area contributed by atoms with E-state index in [9.17, 15) is 9.59 Å². The van der Waals surface area contributed by atoms with Crippen LogP contribution in [0.1, 0.15) is 32.7 Å². The van der Waals surface area contributed by atoms with E-state index in [1.54, 1.807) is 54.3 Å². The summed E-state index contributed by atoms with van der Waals surface area (Å²) < 4.78 is 1.58. The van der Waals surface area contributed by atoms with Gasteiger partial charge in [-0.15, -0.1) is 0 Å². The monoisotopic (exact) mass is 329 g/mol. The highest BCUT2D eigenvalue weighted by Crippen LogP contribution is 2.17. The number of benzene rings is 1. The number of amides is 2. The largest absolute Gasteiger partial charge is 0.328 e. The number of nitrogens with two attached hydrogens (primary N) is 1. The summed E-state index contributed by atoms with van der Waals surface area (Å²) >= 11 is 0. The minimum Gasteiger partial charge on any atom is -0.328 e. The summed E-state index contributed by atoms with van der Waals surface area (Å²) in [5, 5.41) is 9.69. The van der Waals surface area contributed by atoms with Crippen LogP contribution in [0.25, 0.3) is 0 Å². The molecule has 1 heterocycles. The molecule has 2 aromatic rings. The van der Waals surface area contributed by atoms with Gasteiger partial charge in [-0.25, -0.2) is 0 Å². The number of aromatic nitrogens is 2. The smallest absolute Gasteiger partial charge is 0.248 e. The van der Waals surface area contributed by atoms with Crippen molar-refractivity contribution in [2.75, 3.05) is 10.6 Å². The van der Waals surface area contributed by atoms with Crippen LogP contribution in [0.2, 0.25) is 0 Å². The maximum Gasteiger partial charge on any atom is 0.248 e. The highest BCUT2D eigenvalue weighted by Gasteiger charge is 2.15. The van der Waals surface area contributed by atoms with Crippen LogP contribution in [-0.4, -0.2) is 27.6 Å². The first-order valence-corrected chi connectivity index (χ1v) is 7.91. The number of nitrogens with one attached hydrogen (secondary N) is 2. The second kappa shape index (κ2) is 8.26. The Bertz CT molecular complexity index is 682. The molecule has 2 unspecified atom stereocenters. The molecular weight excluding hydrogens is 306 g/mol. The van der Waals surface area contributed by atoms with Crippen LogP contribution in [0.5, 0.6) is 0 Å². The maximum absolute atomic E-state index is 12.2. The molecule has 1 aromatic carbocycles. The molecule has 0 aliphatic heterocycles. The van der Waals surface area contributed by atoms with Crippen molar-refractivity contribution in [3.63, 3.8) is 0 Å². The van der Waals surface area contributed by atoms with E-state index in [2.05, 4.69) is 15.7 Å². The van der Waals surface area contributed by atoms with Gasteiger partial charge in [0.15, 0.2) is 0 Å². The van der Waals surface area contributed by atoms with E-state index < -0.39 is 6.04 Å². The average Bonchev–Trinajstić information content (AvgIpc) is 3.07. The summed E-state index contributed by atoms with van der Waals surface area (Å²) in [6, 6.07) is 8.37. The van der Waals surface area contributed by atoms with Crippen LogP contribution < -0.4 is 16.4 Å². The summed E-state index contributed by atoms with van der Waals surface area (Å²) in [6.07, 6.45) is 4.36. The summed E-state index contributed by atoms with van der Waals surface area (Å²) in [5.41, 5.74) is 6.90. The standard InChI is InChI=1S/C17H23N5O2/c1-12(18)7-8-16(23)20-14-5-3-6-15(11-14)21-17(24)13(2)22-10-4-9-19-22/h3-6,9-13H,7-8,18H2,1-2H3,(H,20,23)(H,21,24). The molecule has 1 aromatic heterocycles. The number of nitrogens with zero attached hydrogens (tertiary/aromatic N) is 2. The van der Waals surface area contributed by atoms with Crippen molar-refractivity contribution in [1.29, 1.82) is 0 Å². The Morgan fingerprint density at radius 1 is 1.21 bits per heavy atom. The van der Waals surface area contributed by atoms with Crippen molar-refractivity contribution in [1.82, 2.24) is 9.78 Å². The molecule has 0 bridgehead atoms. The first kappa shape index (κ1) is 17.7. The van der Waals surface area contributed by atoms with Gasteiger partial charge in [-0.3, -0.25) is 14.3 Å². The van der Waals surface area contributed by atoms with Crippen LogP contribution >= 0.6 is 0 Å². The molecule has 0 spiro atoms. The van der Waals surface area contributed by atoms with Crippen molar-refractivity contribution in [2.24, 2.45) is 5.73 Å². The molecular formula is C17H23N5O2. The SMILES string of the molecule is CC(N)CCC(=O)Nc1cccc(NC(=O)C(C)n2cccn2)c1. The lowest BCUT2D eigenvalue weighted by atomic mass is 10.2. The van der Waals surface area contributed by atoms with Gasteiger partial charge in [-0.05, 0) is 44.5 Å². The second-order valence-corrected chi connectivity index (χ2v) is 5.80. The van der Waals surface area contributed by atoms with Gasteiger partial charge in [0.25, 0.3) is 0 Å². The molecule has 0 radical (unpaired) electrons. The lowest BCUT2D eigenvalue weighted by Gasteiger charge is -2.13. The Labute approximate surface area is 141 Å². The number of hydrogen-bond donors (Lipinski definition) is 3. The quantitative estimate of drug-likeness (QED) is 0.724. The first-order valence-electron chi connectivity index (χ1n) is 7.91. The van der Waals surface area contributed by atoms with E-state index in [4.69, 9.17) is 5.73 Å². The predicted molar refractivity (Wildman–Crippen MR) is 93.5 cm³/mol. The first-order chi connectivity index (χ1) is 11.5. The van der Waals surface area contributed by atoms with E-state index in [1.165, 1.54) is 0 Å². The number of anilines is 2. The molecule has 0 aliphatic carbocycles. The summed E-state index contributed by atoms with van der Waals surface area (Å²) in [6.45, 7) is 3.63. The Balaban J connectivity index is 1.95. The van der Waals surface area contributed by atoms with E-state index in [0.29, 0.717) is 24.2 Å². The van der Waals surface area contributed by atoms with Gasteiger partial charge in [-0.2, -0.15) is 5.10 Å². The third kappa shape index (κ3) is 5.20. The third-order valence-electron chi connectivity index (χ3n) is 3.54. The Hall–Kier alpha value is -2.67. The van der Waals surface area contributed by atoms with Gasteiger partial charge in [-0.1, -0.05) is 6.07 Å². The van der Waals surface area contributed by atoms with Gasteiger partial charge in [0.1, 0.15) is 6.04 Å². The van der Waals surface area contributed by atoms with Crippen molar-refractivity contribution in [2.45, 2.75) is 38.8 Å². The second-order valence-electron chi connectivity index (χ2n) is 5.80. The van der Waals surface area contributed by atoms with Crippen LogP contribution in [0.15, 0.2) is 42.7 Å². The summed E-state index contributed by atoms with van der Waals surface area (Å²) in [4.78, 5) is 24.1. The lowest BCUT2D eigenvalue weighted by molar-refractivity contribution is -0.119. The van der Waals surface area contributed by atoms with E-state index in [-0.39, 0.29) is 17.9 Å². The number of carbonyl (C=O) groups is 2. The molecule has 128 valence electrons. The Morgan fingerprint density at radius 3 is 2.54 bits per heavy atom. The molecule has 0 fully saturated rings. The molecule has 0 aliphatic rings. The van der Waals surface area contributed by atoms with Gasteiger partial charge in [0, 0.05) is 36.2 Å². The molecule has 7 nitrogen and oxygen atoms in total. The Morgan fingerprint density at radius 2 is 1.92 bits per heavy atom. The van der Waals surface area contributed by atoms with Crippen molar-refractivity contribution in [3.8, 4) is 0 Å². The normalized spacial score (nSPS) is 13.1. The van der Waals surface area contributed by atoms with Gasteiger partial charge >= 0.3 is 0 Å². The van der Waals surface area contributed by atoms with E-state index in [0.717, 1.165) is 0 Å². The highest BCUT2D eigenvalue weighted by molar-refractivity contribution is 5.95. The lowest BCUT2D eigenvalue weighted by Crippen LogP contribution is -2.24. The van der Waals surface area contributed by atoms with Crippen LogP contribution in [0.4, 0.5) is 11.4 Å². The minimum atomic E-state index is -0.427. The fraction of sp³-hybridized carbons (Fsp3) is 0.353. The zero-order valence-corrected chi connectivity index (χ0v) is 13.9. The average molecular weight is 329 g/mol. The number of rotatable bonds is 7. The summed E-state index contributed by atoms with van der Waals surface area (Å²) in [5.74, 6) is -0.278. The van der Waals surface area contributed by atoms with Crippen LogP contribution in [-0.2, 0) is 9.59 Å². The molecule has 0 saturated heterocycles. The van der Waals surface area contributed by atoms with Gasteiger partial charge in [0.2, 0.25) is 11.8 Å². The van der Waals surface area contributed by atoms with Crippen molar-refractivity contribution >= 4 is 23.2 Å². The molecule has 2 atom stereocenters. The topological polar surface area (TPSA) is 102 Å². The number of carbonyl (C=O) groups excluding carboxylic acids is 2. The van der Waals surface area contributed by atoms with Gasteiger partial charge < -0.3 is 16.4 Å². The molecule has 24 heavy (non-hydrogen) atoms. The fourth-order valence-corrected chi connectivity index (χ4v) is 2.13. The van der Waals surface area contributed by atoms with Crippen molar-refractivity contribution < 1.29 is 9.59 Å². The number of hydrogen-bond acceptors (Lipinski definition) is 4.